The molecular formula is C33H56. The molecule has 0 bridgehead atoms. The van der Waals surface area contributed by atoms with Crippen molar-refractivity contribution in [1.82, 2.24) is 0 Å². The molecule has 0 spiro atoms. The van der Waals surface area contributed by atoms with Crippen molar-refractivity contribution in [3.63, 3.8) is 0 Å². The largest absolute Gasteiger partial charge is 0.0817 e. The lowest BCUT2D eigenvalue weighted by Gasteiger charge is -2.41. The van der Waals surface area contributed by atoms with E-state index in [2.05, 4.69) is 13.0 Å². The van der Waals surface area contributed by atoms with Gasteiger partial charge in [-0.2, -0.15) is 0 Å². The Kier molecular flexibility index (Phi) is 8.98. The summed E-state index contributed by atoms with van der Waals surface area (Å²) in [5.41, 5.74) is 2.01. The highest BCUT2D eigenvalue weighted by atomic mass is 14.4. The van der Waals surface area contributed by atoms with Crippen molar-refractivity contribution in [2.75, 3.05) is 0 Å². The average Bonchev–Trinajstić information content (AvgIpc) is 2.90. The van der Waals surface area contributed by atoms with Gasteiger partial charge in [-0.3, -0.25) is 0 Å². The topological polar surface area (TPSA) is 0 Å². The molecule has 0 aromatic rings. The highest BCUT2D eigenvalue weighted by molar-refractivity contribution is 5.15. The first-order valence-corrected chi connectivity index (χ1v) is 16.0. The van der Waals surface area contributed by atoms with E-state index in [0.29, 0.717) is 0 Å². The normalized spacial score (nSPS) is 39.8. The third-order valence-corrected chi connectivity index (χ3v) is 11.6. The van der Waals surface area contributed by atoms with Crippen LogP contribution in [0.15, 0.2) is 11.6 Å². The second-order valence-electron chi connectivity index (χ2n) is 13.7. The molecule has 0 amide bonds. The summed E-state index contributed by atoms with van der Waals surface area (Å²) in [5.74, 6) is 8.18. The fraction of sp³-hybridized carbons (Fsp3) is 0.939. The molecule has 0 nitrogen and oxygen atoms in total. The maximum absolute atomic E-state index is 2.93. The van der Waals surface area contributed by atoms with Gasteiger partial charge in [0.2, 0.25) is 0 Å². The van der Waals surface area contributed by atoms with E-state index in [0.717, 1.165) is 47.3 Å². The molecule has 5 aliphatic rings. The van der Waals surface area contributed by atoms with E-state index in [4.69, 9.17) is 0 Å². The minimum absolute atomic E-state index is 0.920. The van der Waals surface area contributed by atoms with Gasteiger partial charge in [0.05, 0.1) is 0 Å². The summed E-state index contributed by atoms with van der Waals surface area (Å²) in [7, 11) is 0. The molecule has 0 N–H and O–H groups in total. The number of hydrogen-bond donors (Lipinski definition) is 0. The van der Waals surface area contributed by atoms with Gasteiger partial charge in [-0.15, -0.1) is 0 Å². The Hall–Kier alpha value is -0.260. The van der Waals surface area contributed by atoms with Crippen LogP contribution in [0.5, 0.6) is 0 Å². The van der Waals surface area contributed by atoms with Gasteiger partial charge >= 0.3 is 0 Å². The minimum atomic E-state index is 0.920. The number of allylic oxidation sites excluding steroid dienone is 2. The molecule has 0 heteroatoms. The van der Waals surface area contributed by atoms with E-state index in [-0.39, 0.29) is 0 Å². The van der Waals surface area contributed by atoms with Crippen LogP contribution in [0.3, 0.4) is 0 Å². The average molecular weight is 453 g/mol. The SMILES string of the molecule is CC1CCC(C=C(C2CCC(C3CCCCC3)CC2)C2CCC(C3CCCCC3)CC2)CC1. The van der Waals surface area contributed by atoms with Crippen molar-refractivity contribution in [2.45, 2.75) is 148 Å². The Morgan fingerprint density at radius 3 is 1.24 bits per heavy atom. The van der Waals surface area contributed by atoms with Crippen LogP contribution in [0, 0.1) is 47.3 Å². The molecule has 33 heavy (non-hydrogen) atoms. The van der Waals surface area contributed by atoms with Crippen LogP contribution >= 0.6 is 0 Å². The first-order chi connectivity index (χ1) is 16.3. The lowest BCUT2D eigenvalue weighted by atomic mass is 9.64. The van der Waals surface area contributed by atoms with Crippen molar-refractivity contribution in [1.29, 1.82) is 0 Å². The van der Waals surface area contributed by atoms with Crippen LogP contribution in [-0.2, 0) is 0 Å². The Morgan fingerprint density at radius 1 is 0.424 bits per heavy atom. The van der Waals surface area contributed by atoms with Gasteiger partial charge < -0.3 is 0 Å². The summed E-state index contributed by atoms with van der Waals surface area (Å²) in [6.45, 7) is 2.49. The molecule has 5 aliphatic carbocycles. The number of rotatable bonds is 5. The molecule has 0 radical (unpaired) electrons. The fourth-order valence-electron chi connectivity index (χ4n) is 9.39. The number of hydrogen-bond acceptors (Lipinski definition) is 0. The first kappa shape index (κ1) is 24.4. The van der Waals surface area contributed by atoms with Crippen LogP contribution < -0.4 is 0 Å². The standard InChI is InChI=1S/C33H56/c1-25-12-14-26(15-13-25)24-33(31-20-16-29(17-21-31)27-8-4-2-5-9-27)32-22-18-30(19-23-32)28-10-6-3-7-11-28/h24-32H,2-23H2,1H3. The van der Waals surface area contributed by atoms with Gasteiger partial charge in [0.15, 0.2) is 0 Å². The van der Waals surface area contributed by atoms with Gasteiger partial charge in [0.25, 0.3) is 0 Å². The van der Waals surface area contributed by atoms with Crippen molar-refractivity contribution in [3.8, 4) is 0 Å². The van der Waals surface area contributed by atoms with E-state index in [1.807, 2.05) is 5.57 Å². The van der Waals surface area contributed by atoms with Crippen molar-refractivity contribution in [3.05, 3.63) is 11.6 Å². The molecule has 0 heterocycles. The summed E-state index contributed by atoms with van der Waals surface area (Å²) < 4.78 is 0. The molecule has 0 unspecified atom stereocenters. The minimum Gasteiger partial charge on any atom is -0.0817 e. The zero-order valence-corrected chi connectivity index (χ0v) is 22.3. The van der Waals surface area contributed by atoms with Gasteiger partial charge in [0, 0.05) is 0 Å². The molecule has 0 aromatic heterocycles. The molecule has 0 aliphatic heterocycles. The zero-order valence-electron chi connectivity index (χ0n) is 22.3. The zero-order chi connectivity index (χ0) is 22.5. The van der Waals surface area contributed by atoms with Crippen molar-refractivity contribution in [2.24, 2.45) is 47.3 Å². The maximum atomic E-state index is 2.93. The molecule has 5 fully saturated rings. The Labute approximate surface area is 207 Å². The Balaban J connectivity index is 1.21. The van der Waals surface area contributed by atoms with E-state index < -0.39 is 0 Å². The van der Waals surface area contributed by atoms with E-state index >= 15 is 0 Å². The lowest BCUT2D eigenvalue weighted by molar-refractivity contribution is 0.155. The quantitative estimate of drug-likeness (QED) is 0.364. The third kappa shape index (κ3) is 6.50. The van der Waals surface area contributed by atoms with E-state index in [1.54, 1.807) is 77.0 Å². The molecule has 5 saturated carbocycles. The summed E-state index contributed by atoms with van der Waals surface area (Å²) in [6, 6.07) is 0. The fourth-order valence-corrected chi connectivity index (χ4v) is 9.39. The molecular weight excluding hydrogens is 396 g/mol. The second-order valence-corrected chi connectivity index (χ2v) is 13.7. The lowest BCUT2D eigenvalue weighted by Crippen LogP contribution is -2.29. The highest BCUT2D eigenvalue weighted by Gasteiger charge is 2.35. The van der Waals surface area contributed by atoms with E-state index in [9.17, 15) is 0 Å². The van der Waals surface area contributed by atoms with E-state index in [1.165, 1.54) is 64.2 Å². The summed E-state index contributed by atoms with van der Waals surface area (Å²) >= 11 is 0. The van der Waals surface area contributed by atoms with Gasteiger partial charge in [-0.1, -0.05) is 95.6 Å². The predicted molar refractivity (Wildman–Crippen MR) is 143 cm³/mol. The maximum Gasteiger partial charge on any atom is -0.0200 e. The molecule has 188 valence electrons. The summed E-state index contributed by atoms with van der Waals surface area (Å²) in [5, 5.41) is 0. The second kappa shape index (κ2) is 12.1. The van der Waals surface area contributed by atoms with Crippen LogP contribution in [0.1, 0.15) is 148 Å². The van der Waals surface area contributed by atoms with Gasteiger partial charge in [-0.25, -0.2) is 0 Å². The highest BCUT2D eigenvalue weighted by Crippen LogP contribution is 2.48. The van der Waals surface area contributed by atoms with Crippen molar-refractivity contribution < 1.29 is 0 Å². The Morgan fingerprint density at radius 2 is 0.818 bits per heavy atom. The van der Waals surface area contributed by atoms with Crippen LogP contribution in [-0.4, -0.2) is 0 Å². The summed E-state index contributed by atoms with van der Waals surface area (Å²) in [6.07, 6.45) is 36.7. The smallest absolute Gasteiger partial charge is 0.0200 e. The van der Waals surface area contributed by atoms with Crippen molar-refractivity contribution >= 4 is 0 Å². The first-order valence-electron chi connectivity index (χ1n) is 16.0. The molecule has 0 atom stereocenters. The molecule has 0 saturated heterocycles. The van der Waals surface area contributed by atoms with Crippen LogP contribution in [0.25, 0.3) is 0 Å². The van der Waals surface area contributed by atoms with Crippen LogP contribution in [0.2, 0.25) is 0 Å². The molecule has 0 aromatic carbocycles. The predicted octanol–water partition coefficient (Wildman–Crippen LogP) is 10.5. The Bertz CT molecular complexity index is 540. The monoisotopic (exact) mass is 452 g/mol. The third-order valence-electron chi connectivity index (χ3n) is 11.6. The van der Waals surface area contributed by atoms with Crippen LogP contribution in [0.4, 0.5) is 0 Å². The summed E-state index contributed by atoms with van der Waals surface area (Å²) in [4.78, 5) is 0. The van der Waals surface area contributed by atoms with Gasteiger partial charge in [0.1, 0.15) is 0 Å². The molecule has 5 rings (SSSR count). The van der Waals surface area contributed by atoms with Gasteiger partial charge in [-0.05, 0) is 112 Å².